The zero-order valence-corrected chi connectivity index (χ0v) is 19.7. The van der Waals surface area contributed by atoms with Crippen LogP contribution >= 0.6 is 0 Å². The molecule has 10 nitrogen and oxygen atoms in total. The lowest BCUT2D eigenvalue weighted by atomic mass is 10.1. The Morgan fingerprint density at radius 1 is 1.15 bits per heavy atom. The van der Waals surface area contributed by atoms with Crippen LogP contribution in [0.15, 0.2) is 63.2 Å². The Balaban J connectivity index is 1.60. The fraction of sp³-hybridized carbons (Fsp3) is 0.304. The SMILES string of the molecule is CCCC[C@@H](N=C1NS(=O)(=O)c2ccccc21)C(=O)NNc1nc2ccccc2c(=O)n1CC. The maximum Gasteiger partial charge on any atom is 0.263 e. The van der Waals surface area contributed by atoms with Gasteiger partial charge in [0.2, 0.25) is 5.95 Å². The molecule has 2 aromatic carbocycles. The molecule has 34 heavy (non-hydrogen) atoms. The number of anilines is 1. The fourth-order valence-electron chi connectivity index (χ4n) is 3.79. The molecule has 4 rings (SSSR count). The van der Waals surface area contributed by atoms with Gasteiger partial charge in [0.25, 0.3) is 21.5 Å². The van der Waals surface area contributed by atoms with Gasteiger partial charge in [-0.05, 0) is 37.6 Å². The number of hydrazine groups is 1. The molecule has 0 bridgehead atoms. The Morgan fingerprint density at radius 3 is 2.65 bits per heavy atom. The van der Waals surface area contributed by atoms with E-state index in [-0.39, 0.29) is 22.2 Å². The molecular formula is C23H26N6O4S. The van der Waals surface area contributed by atoms with Crippen molar-refractivity contribution in [2.45, 2.75) is 50.6 Å². The smallest absolute Gasteiger partial charge is 0.263 e. The Bertz CT molecular complexity index is 1430. The van der Waals surface area contributed by atoms with Crippen molar-refractivity contribution in [1.82, 2.24) is 19.7 Å². The number of para-hydroxylation sites is 1. The first kappa shape index (κ1) is 23.4. The Kier molecular flexibility index (Phi) is 6.64. The average molecular weight is 483 g/mol. The number of fused-ring (bicyclic) bond motifs is 2. The van der Waals surface area contributed by atoms with E-state index in [0.29, 0.717) is 29.4 Å². The van der Waals surface area contributed by atoms with E-state index in [0.717, 1.165) is 12.8 Å². The highest BCUT2D eigenvalue weighted by Gasteiger charge is 2.31. The van der Waals surface area contributed by atoms with Crippen LogP contribution in [0, 0.1) is 0 Å². The molecule has 0 spiro atoms. The predicted octanol–water partition coefficient (Wildman–Crippen LogP) is 2.16. The fourth-order valence-corrected chi connectivity index (χ4v) is 5.03. The molecule has 0 unspecified atom stereocenters. The third-order valence-corrected chi connectivity index (χ3v) is 6.95. The van der Waals surface area contributed by atoms with Gasteiger partial charge in [0.05, 0.1) is 15.8 Å². The number of rotatable bonds is 8. The van der Waals surface area contributed by atoms with Gasteiger partial charge < -0.3 is 0 Å². The average Bonchev–Trinajstić information content (AvgIpc) is 3.10. The lowest BCUT2D eigenvalue weighted by Gasteiger charge is -2.17. The third-order valence-electron chi connectivity index (χ3n) is 5.56. The molecule has 3 aromatic rings. The zero-order valence-electron chi connectivity index (χ0n) is 18.9. The van der Waals surface area contributed by atoms with Crippen LogP contribution in [0.3, 0.4) is 0 Å². The highest BCUT2D eigenvalue weighted by molar-refractivity contribution is 7.90. The largest absolute Gasteiger partial charge is 0.277 e. The van der Waals surface area contributed by atoms with E-state index < -0.39 is 22.0 Å². The number of amidine groups is 1. The monoisotopic (exact) mass is 482 g/mol. The van der Waals surface area contributed by atoms with Gasteiger partial charge in [-0.15, -0.1) is 0 Å². The Labute approximate surface area is 197 Å². The van der Waals surface area contributed by atoms with Gasteiger partial charge in [0.1, 0.15) is 11.9 Å². The number of nitrogens with one attached hydrogen (secondary N) is 3. The molecule has 178 valence electrons. The van der Waals surface area contributed by atoms with Crippen LogP contribution in [-0.4, -0.2) is 35.8 Å². The Hall–Kier alpha value is -3.73. The molecule has 1 aliphatic rings. The van der Waals surface area contributed by atoms with E-state index in [9.17, 15) is 18.0 Å². The molecule has 1 aromatic heterocycles. The predicted molar refractivity (Wildman–Crippen MR) is 130 cm³/mol. The first-order chi connectivity index (χ1) is 16.4. The number of amides is 1. The number of carbonyl (C=O) groups excluding carboxylic acids is 1. The minimum absolute atomic E-state index is 0.133. The van der Waals surface area contributed by atoms with Gasteiger partial charge in [-0.2, -0.15) is 0 Å². The second-order valence-electron chi connectivity index (χ2n) is 7.85. The van der Waals surface area contributed by atoms with Crippen molar-refractivity contribution in [2.24, 2.45) is 4.99 Å². The number of sulfonamides is 1. The lowest BCUT2D eigenvalue weighted by Crippen LogP contribution is -2.40. The molecule has 1 atom stereocenters. The van der Waals surface area contributed by atoms with Crippen molar-refractivity contribution in [3.05, 3.63) is 64.4 Å². The number of unbranched alkanes of at least 4 members (excludes halogenated alkanes) is 1. The minimum Gasteiger partial charge on any atom is -0.277 e. The highest BCUT2D eigenvalue weighted by Crippen LogP contribution is 2.23. The van der Waals surface area contributed by atoms with Crippen LogP contribution in [0.4, 0.5) is 5.95 Å². The first-order valence-electron chi connectivity index (χ1n) is 11.1. The highest BCUT2D eigenvalue weighted by atomic mass is 32.2. The molecule has 0 fully saturated rings. The summed E-state index contributed by atoms with van der Waals surface area (Å²) in [5.41, 5.74) is 6.08. The van der Waals surface area contributed by atoms with Gasteiger partial charge in [-0.3, -0.25) is 34.7 Å². The van der Waals surface area contributed by atoms with Crippen molar-refractivity contribution in [3.63, 3.8) is 0 Å². The number of aliphatic imine (C=N–C) groups is 1. The molecule has 0 saturated carbocycles. The molecule has 0 radical (unpaired) electrons. The van der Waals surface area contributed by atoms with Gasteiger partial charge in [-0.25, -0.2) is 13.4 Å². The Morgan fingerprint density at radius 2 is 1.88 bits per heavy atom. The topological polar surface area (TPSA) is 135 Å². The van der Waals surface area contributed by atoms with Crippen molar-refractivity contribution < 1.29 is 13.2 Å². The van der Waals surface area contributed by atoms with Crippen LogP contribution in [0.1, 0.15) is 38.7 Å². The molecule has 11 heteroatoms. The van der Waals surface area contributed by atoms with Gasteiger partial charge in [0.15, 0.2) is 0 Å². The summed E-state index contributed by atoms with van der Waals surface area (Å²) in [7, 11) is -3.71. The number of benzene rings is 2. The van der Waals surface area contributed by atoms with Crippen molar-refractivity contribution in [3.8, 4) is 0 Å². The van der Waals surface area contributed by atoms with Crippen LogP contribution in [0.2, 0.25) is 0 Å². The summed E-state index contributed by atoms with van der Waals surface area (Å²) in [6.45, 7) is 4.16. The maximum atomic E-state index is 13.1. The number of hydrogen-bond donors (Lipinski definition) is 3. The molecule has 0 saturated heterocycles. The molecule has 2 heterocycles. The lowest BCUT2D eigenvalue weighted by molar-refractivity contribution is -0.121. The van der Waals surface area contributed by atoms with E-state index >= 15 is 0 Å². The van der Waals surface area contributed by atoms with Crippen molar-refractivity contribution >= 4 is 38.6 Å². The minimum atomic E-state index is -3.71. The van der Waals surface area contributed by atoms with Gasteiger partial charge in [-0.1, -0.05) is 44.0 Å². The molecule has 1 amide bonds. The summed E-state index contributed by atoms with van der Waals surface area (Å²) in [6, 6.07) is 12.6. The van der Waals surface area contributed by atoms with Gasteiger partial charge in [0, 0.05) is 12.1 Å². The normalized spacial score (nSPS) is 16.1. The molecular weight excluding hydrogens is 456 g/mol. The van der Waals surface area contributed by atoms with Gasteiger partial charge >= 0.3 is 0 Å². The van der Waals surface area contributed by atoms with Crippen molar-refractivity contribution in [2.75, 3.05) is 5.43 Å². The van der Waals surface area contributed by atoms with E-state index in [1.165, 1.54) is 10.6 Å². The van der Waals surface area contributed by atoms with Crippen LogP contribution in [0.5, 0.6) is 0 Å². The third kappa shape index (κ3) is 4.51. The van der Waals surface area contributed by atoms with Crippen LogP contribution < -0.4 is 21.1 Å². The molecule has 3 N–H and O–H groups in total. The number of carbonyl (C=O) groups is 1. The van der Waals surface area contributed by atoms with E-state index in [1.54, 1.807) is 42.5 Å². The molecule has 0 aliphatic carbocycles. The summed E-state index contributed by atoms with van der Waals surface area (Å²) < 4.78 is 28.7. The number of aromatic nitrogens is 2. The van der Waals surface area contributed by atoms with E-state index in [4.69, 9.17) is 0 Å². The summed E-state index contributed by atoms with van der Waals surface area (Å²) in [5.74, 6) is -0.121. The number of nitrogens with zero attached hydrogens (tertiary/aromatic N) is 3. The summed E-state index contributed by atoms with van der Waals surface area (Å²) in [5, 5.41) is 0.487. The molecule has 1 aliphatic heterocycles. The summed E-state index contributed by atoms with van der Waals surface area (Å²) in [6.07, 6.45) is 1.98. The first-order valence-corrected chi connectivity index (χ1v) is 12.6. The summed E-state index contributed by atoms with van der Waals surface area (Å²) >= 11 is 0. The van der Waals surface area contributed by atoms with Crippen LogP contribution in [-0.2, 0) is 21.4 Å². The summed E-state index contributed by atoms with van der Waals surface area (Å²) in [4.78, 5) is 34.9. The van der Waals surface area contributed by atoms with E-state index in [2.05, 4.69) is 25.6 Å². The van der Waals surface area contributed by atoms with Crippen molar-refractivity contribution in [1.29, 1.82) is 0 Å². The standard InChI is InChI=1S/C23H26N6O4S/c1-3-5-12-18(24-20-16-11-7-9-14-19(16)34(32,33)28-20)21(30)26-27-23-25-17-13-8-6-10-15(17)22(31)29(23)4-2/h6-11,13-14,18H,3-5,12H2,1-2H3,(H,24,28)(H,25,27)(H,26,30)/t18-/m1/s1. The quantitative estimate of drug-likeness (QED) is 0.421. The zero-order chi connectivity index (χ0) is 24.3. The second-order valence-corrected chi connectivity index (χ2v) is 9.50. The van der Waals surface area contributed by atoms with E-state index in [1.807, 2.05) is 13.8 Å². The van der Waals surface area contributed by atoms with Crippen LogP contribution in [0.25, 0.3) is 10.9 Å². The maximum absolute atomic E-state index is 13.1. The second kappa shape index (κ2) is 9.64. The number of hydrogen-bond acceptors (Lipinski definition) is 7.